The lowest BCUT2D eigenvalue weighted by molar-refractivity contribution is 0.0365. The summed E-state index contributed by atoms with van der Waals surface area (Å²) in [5, 5.41) is 11.3. The van der Waals surface area contributed by atoms with Crippen LogP contribution in [0.1, 0.15) is 5.56 Å². The summed E-state index contributed by atoms with van der Waals surface area (Å²) in [5.41, 5.74) is -0.0566. The van der Waals surface area contributed by atoms with Crippen LogP contribution in [0.4, 0.5) is 0 Å². The van der Waals surface area contributed by atoms with E-state index in [0.717, 1.165) is 16.1 Å². The molecular formula is C16H13N3O. The van der Waals surface area contributed by atoms with Gasteiger partial charge in [0.1, 0.15) is 6.07 Å². The molecule has 0 amide bonds. The topological polar surface area (TPSA) is 58.3 Å². The summed E-state index contributed by atoms with van der Waals surface area (Å²) >= 11 is 0. The van der Waals surface area contributed by atoms with E-state index < -0.39 is 5.60 Å². The largest absolute Gasteiger partial charge is 0.350 e. The summed E-state index contributed by atoms with van der Waals surface area (Å²) < 4.78 is 5.81. The van der Waals surface area contributed by atoms with Crippen molar-refractivity contribution in [3.8, 4) is 6.07 Å². The van der Waals surface area contributed by atoms with Crippen molar-refractivity contribution in [2.45, 2.75) is 12.2 Å². The highest BCUT2D eigenvalue weighted by Gasteiger charge is 2.29. The first-order chi connectivity index (χ1) is 9.81. The lowest BCUT2D eigenvalue weighted by Crippen LogP contribution is -2.42. The zero-order valence-electron chi connectivity index (χ0n) is 10.9. The van der Waals surface area contributed by atoms with Crippen LogP contribution < -0.4 is 10.6 Å². The predicted molar refractivity (Wildman–Crippen MR) is 73.9 cm³/mol. The molecule has 1 unspecified atom stereocenters. The van der Waals surface area contributed by atoms with Gasteiger partial charge in [0, 0.05) is 12.4 Å². The molecule has 0 saturated heterocycles. The summed E-state index contributed by atoms with van der Waals surface area (Å²) in [7, 11) is 0. The number of aromatic nitrogens is 1. The average molecular weight is 263 g/mol. The van der Waals surface area contributed by atoms with Gasteiger partial charge in [0.25, 0.3) is 0 Å². The van der Waals surface area contributed by atoms with E-state index >= 15 is 0 Å². The van der Waals surface area contributed by atoms with Gasteiger partial charge >= 0.3 is 0 Å². The fourth-order valence-electron chi connectivity index (χ4n) is 2.14. The SMILES string of the molecule is N#CC1(OCc2cccnc2)C=c2ccccc2=NC1. The highest BCUT2D eigenvalue weighted by molar-refractivity contribution is 5.44. The molecule has 4 heteroatoms. The van der Waals surface area contributed by atoms with Gasteiger partial charge in [0.15, 0.2) is 5.60 Å². The third-order valence-electron chi connectivity index (χ3n) is 3.22. The first-order valence-electron chi connectivity index (χ1n) is 6.38. The van der Waals surface area contributed by atoms with E-state index in [1.165, 1.54) is 0 Å². The maximum Gasteiger partial charge on any atom is 0.193 e. The lowest BCUT2D eigenvalue weighted by atomic mass is 10.0. The molecule has 0 N–H and O–H groups in total. The van der Waals surface area contributed by atoms with Crippen LogP contribution in [-0.2, 0) is 11.3 Å². The normalized spacial score (nSPS) is 20.1. The fourth-order valence-corrected chi connectivity index (χ4v) is 2.14. The maximum absolute atomic E-state index is 9.46. The second-order valence-corrected chi connectivity index (χ2v) is 4.67. The number of nitriles is 1. The van der Waals surface area contributed by atoms with Crippen molar-refractivity contribution < 1.29 is 4.74 Å². The van der Waals surface area contributed by atoms with Crippen molar-refractivity contribution in [1.82, 2.24) is 4.98 Å². The first kappa shape index (κ1) is 12.5. The Bertz CT molecular complexity index is 764. The third-order valence-corrected chi connectivity index (χ3v) is 3.22. The smallest absolute Gasteiger partial charge is 0.193 e. The van der Waals surface area contributed by atoms with Crippen LogP contribution in [0.15, 0.2) is 53.8 Å². The minimum Gasteiger partial charge on any atom is -0.350 e. The van der Waals surface area contributed by atoms with E-state index in [-0.39, 0.29) is 0 Å². The van der Waals surface area contributed by atoms with Crippen LogP contribution in [0.25, 0.3) is 6.08 Å². The Kier molecular flexibility index (Phi) is 3.28. The van der Waals surface area contributed by atoms with Gasteiger partial charge in [-0.3, -0.25) is 9.98 Å². The highest BCUT2D eigenvalue weighted by Crippen LogP contribution is 2.17. The minimum atomic E-state index is -0.996. The molecule has 0 saturated carbocycles. The molecule has 0 bridgehead atoms. The third kappa shape index (κ3) is 2.44. The molecule has 1 aliphatic heterocycles. The summed E-state index contributed by atoms with van der Waals surface area (Å²) in [5.74, 6) is 0. The van der Waals surface area contributed by atoms with E-state index in [2.05, 4.69) is 16.0 Å². The minimum absolute atomic E-state index is 0.320. The van der Waals surface area contributed by atoms with E-state index in [1.807, 2.05) is 42.5 Å². The molecule has 0 radical (unpaired) electrons. The Morgan fingerprint density at radius 1 is 1.25 bits per heavy atom. The Labute approximate surface area is 116 Å². The molecule has 4 nitrogen and oxygen atoms in total. The zero-order chi connectivity index (χ0) is 13.8. The van der Waals surface area contributed by atoms with Gasteiger partial charge in [-0.15, -0.1) is 0 Å². The standard InChI is InChI=1S/C16H13N3O/c17-11-16(20-10-13-4-3-7-18-9-13)8-14-5-1-2-6-15(14)19-12-16/h1-9H,10,12H2. The number of nitrogens with zero attached hydrogens (tertiary/aromatic N) is 3. The Morgan fingerprint density at radius 2 is 2.15 bits per heavy atom. The van der Waals surface area contributed by atoms with E-state index in [9.17, 15) is 5.26 Å². The Hall–Kier alpha value is -2.51. The highest BCUT2D eigenvalue weighted by atomic mass is 16.5. The summed E-state index contributed by atoms with van der Waals surface area (Å²) in [6.07, 6.45) is 5.30. The van der Waals surface area contributed by atoms with Crippen molar-refractivity contribution in [3.63, 3.8) is 0 Å². The number of pyridine rings is 1. The van der Waals surface area contributed by atoms with Gasteiger partial charge in [-0.25, -0.2) is 0 Å². The molecule has 20 heavy (non-hydrogen) atoms. The summed E-state index contributed by atoms with van der Waals surface area (Å²) in [6.45, 7) is 0.663. The molecule has 1 aromatic heterocycles. The number of fused-ring (bicyclic) bond motifs is 1. The van der Waals surface area contributed by atoms with Gasteiger partial charge in [0.05, 0.1) is 18.5 Å². The molecule has 2 aromatic rings. The maximum atomic E-state index is 9.46. The molecule has 1 atom stereocenters. The number of ether oxygens (including phenoxy) is 1. The van der Waals surface area contributed by atoms with Crippen molar-refractivity contribution in [2.24, 2.45) is 4.99 Å². The van der Waals surface area contributed by atoms with Crippen LogP contribution in [0.2, 0.25) is 0 Å². The molecule has 1 aliphatic rings. The summed E-state index contributed by atoms with van der Waals surface area (Å²) in [6, 6.07) is 13.8. The summed E-state index contributed by atoms with van der Waals surface area (Å²) in [4.78, 5) is 8.47. The molecule has 2 heterocycles. The Balaban J connectivity index is 1.87. The van der Waals surface area contributed by atoms with E-state index in [0.29, 0.717) is 13.2 Å². The molecule has 3 rings (SSSR count). The van der Waals surface area contributed by atoms with Crippen LogP contribution in [0.5, 0.6) is 0 Å². The quantitative estimate of drug-likeness (QED) is 0.829. The van der Waals surface area contributed by atoms with Gasteiger partial charge in [-0.05, 0) is 29.0 Å². The number of hydrogen-bond acceptors (Lipinski definition) is 4. The monoisotopic (exact) mass is 263 g/mol. The molecule has 1 aromatic carbocycles. The van der Waals surface area contributed by atoms with Crippen LogP contribution in [-0.4, -0.2) is 17.1 Å². The fraction of sp³-hybridized carbons (Fsp3) is 0.188. The second-order valence-electron chi connectivity index (χ2n) is 4.67. The molecule has 0 fully saturated rings. The predicted octanol–water partition coefficient (Wildman–Crippen LogP) is 0.974. The molecule has 98 valence electrons. The zero-order valence-corrected chi connectivity index (χ0v) is 10.9. The van der Waals surface area contributed by atoms with Crippen molar-refractivity contribution in [3.05, 3.63) is 64.9 Å². The number of benzene rings is 1. The van der Waals surface area contributed by atoms with Gasteiger partial charge < -0.3 is 4.74 Å². The van der Waals surface area contributed by atoms with E-state index in [4.69, 9.17) is 4.74 Å². The lowest BCUT2D eigenvalue weighted by Gasteiger charge is -2.23. The number of para-hydroxylation sites is 1. The van der Waals surface area contributed by atoms with Crippen LogP contribution in [0, 0.1) is 11.3 Å². The molecule has 0 aliphatic carbocycles. The number of hydrogen-bond donors (Lipinski definition) is 0. The second kappa shape index (κ2) is 5.24. The van der Waals surface area contributed by atoms with Gasteiger partial charge in [-0.2, -0.15) is 5.26 Å². The van der Waals surface area contributed by atoms with E-state index in [1.54, 1.807) is 12.4 Å². The molecular weight excluding hydrogens is 250 g/mol. The van der Waals surface area contributed by atoms with Crippen molar-refractivity contribution >= 4 is 6.08 Å². The number of rotatable bonds is 3. The Morgan fingerprint density at radius 3 is 2.95 bits per heavy atom. The molecule has 0 spiro atoms. The average Bonchev–Trinajstić information content (AvgIpc) is 2.54. The van der Waals surface area contributed by atoms with Gasteiger partial charge in [0.2, 0.25) is 0 Å². The van der Waals surface area contributed by atoms with Crippen molar-refractivity contribution in [1.29, 1.82) is 5.26 Å². The first-order valence-corrected chi connectivity index (χ1v) is 6.38. The van der Waals surface area contributed by atoms with Crippen LogP contribution in [0.3, 0.4) is 0 Å². The van der Waals surface area contributed by atoms with Crippen molar-refractivity contribution in [2.75, 3.05) is 6.54 Å². The van der Waals surface area contributed by atoms with Gasteiger partial charge in [-0.1, -0.05) is 24.3 Å². The van der Waals surface area contributed by atoms with Crippen LogP contribution >= 0.6 is 0 Å².